The number of nitrogens with one attached hydrogen (secondary N) is 3. The van der Waals surface area contributed by atoms with E-state index in [1.807, 2.05) is 18.4 Å². The first-order valence-corrected chi connectivity index (χ1v) is 20.8. The molecule has 2 aliphatic rings. The van der Waals surface area contributed by atoms with Crippen LogP contribution in [0, 0.1) is 17.6 Å². The molecule has 4 aromatic rings. The summed E-state index contributed by atoms with van der Waals surface area (Å²) in [5, 5.41) is 6.06. The number of H-pyrrole nitrogens is 1. The summed E-state index contributed by atoms with van der Waals surface area (Å²) >= 11 is 0. The van der Waals surface area contributed by atoms with Crippen molar-refractivity contribution in [3.05, 3.63) is 53.6 Å². The normalized spacial score (nSPS) is 19.6. The molecular formula is C44H58F3N7O6. The monoisotopic (exact) mass is 837 g/mol. The molecule has 2 aliphatic heterocycles. The Morgan fingerprint density at radius 2 is 1.55 bits per heavy atom. The maximum atomic E-state index is 15.4. The number of ether oxygens (including phenoxy) is 2. The summed E-state index contributed by atoms with van der Waals surface area (Å²) in [5.74, 6) is -1.55. The summed E-state index contributed by atoms with van der Waals surface area (Å²) in [4.78, 5) is 65.3. The Kier molecular flexibility index (Phi) is 12.8. The highest BCUT2D eigenvalue weighted by atomic mass is 19.1. The zero-order valence-electron chi connectivity index (χ0n) is 36.0. The highest BCUT2D eigenvalue weighted by molar-refractivity contribution is 5.92. The molecule has 16 heteroatoms. The van der Waals surface area contributed by atoms with Crippen molar-refractivity contribution in [2.45, 2.75) is 143 Å². The van der Waals surface area contributed by atoms with Gasteiger partial charge in [0, 0.05) is 48.6 Å². The molecule has 2 aromatic carbocycles. The van der Waals surface area contributed by atoms with E-state index in [4.69, 9.17) is 14.5 Å². The van der Waals surface area contributed by atoms with Gasteiger partial charge < -0.3 is 39.5 Å². The average molecular weight is 838 g/mol. The number of carbonyl (C=O) groups is 4. The largest absolute Gasteiger partial charge is 0.444 e. The summed E-state index contributed by atoms with van der Waals surface area (Å²) in [7, 11) is 0. The Morgan fingerprint density at radius 1 is 0.900 bits per heavy atom. The van der Waals surface area contributed by atoms with Crippen molar-refractivity contribution in [1.29, 1.82) is 0 Å². The molecule has 0 unspecified atom stereocenters. The van der Waals surface area contributed by atoms with Crippen LogP contribution in [-0.2, 0) is 32.0 Å². The van der Waals surface area contributed by atoms with E-state index < -0.39 is 65.2 Å². The number of amides is 4. The van der Waals surface area contributed by atoms with Gasteiger partial charge in [-0.3, -0.25) is 9.59 Å². The van der Waals surface area contributed by atoms with E-state index in [0.29, 0.717) is 58.4 Å². The van der Waals surface area contributed by atoms with Gasteiger partial charge in [0.05, 0.1) is 23.3 Å². The fourth-order valence-corrected chi connectivity index (χ4v) is 8.31. The lowest BCUT2D eigenvalue weighted by molar-refractivity contribution is -0.136. The number of nitrogens with zero attached hydrogens (tertiary/aromatic N) is 4. The van der Waals surface area contributed by atoms with Gasteiger partial charge in [-0.1, -0.05) is 20.8 Å². The van der Waals surface area contributed by atoms with Gasteiger partial charge in [0.2, 0.25) is 11.8 Å². The SMILES string of the molecule is CC[C@H](NC(=O)OC(C)(C)C)C(=O)N1C[C@@H](F)C[C@H]1Cc1c(-c2nc3cc(F)ccc3n2C[C@@H]2CCCN2C(=O)[C@@H](NC(=O)OC(C)(C)C)C(C)C)[nH]c2cc(F)ccc12. The van der Waals surface area contributed by atoms with Gasteiger partial charge in [0.15, 0.2) is 5.82 Å². The number of halogens is 3. The minimum atomic E-state index is -1.33. The second kappa shape index (κ2) is 17.4. The third-order valence-corrected chi connectivity index (χ3v) is 10.9. The Morgan fingerprint density at radius 3 is 2.20 bits per heavy atom. The smallest absolute Gasteiger partial charge is 0.408 e. The van der Waals surface area contributed by atoms with E-state index in [1.165, 1.54) is 29.2 Å². The Balaban J connectivity index is 1.37. The summed E-state index contributed by atoms with van der Waals surface area (Å²) < 4.78 is 57.8. The van der Waals surface area contributed by atoms with Crippen LogP contribution in [0.4, 0.5) is 22.8 Å². The maximum absolute atomic E-state index is 15.4. The lowest BCUT2D eigenvalue weighted by atomic mass is 9.99. The van der Waals surface area contributed by atoms with Gasteiger partial charge >= 0.3 is 12.2 Å². The molecule has 4 heterocycles. The second-order valence-corrected chi connectivity index (χ2v) is 18.3. The van der Waals surface area contributed by atoms with Gasteiger partial charge in [-0.2, -0.15) is 0 Å². The molecule has 0 bridgehead atoms. The van der Waals surface area contributed by atoms with E-state index in [0.717, 1.165) is 0 Å². The van der Waals surface area contributed by atoms with E-state index in [9.17, 15) is 28.0 Å². The van der Waals surface area contributed by atoms with Crippen LogP contribution < -0.4 is 10.6 Å². The highest BCUT2D eigenvalue weighted by Crippen LogP contribution is 2.37. The van der Waals surface area contributed by atoms with E-state index in [1.54, 1.807) is 65.5 Å². The molecule has 326 valence electrons. The van der Waals surface area contributed by atoms with Crippen molar-refractivity contribution in [2.24, 2.45) is 5.92 Å². The molecule has 3 N–H and O–H groups in total. The van der Waals surface area contributed by atoms with Gasteiger partial charge in [-0.15, -0.1) is 0 Å². The number of aromatic amines is 1. The lowest BCUT2D eigenvalue weighted by Crippen LogP contribution is -2.53. The van der Waals surface area contributed by atoms with Crippen LogP contribution in [0.25, 0.3) is 33.5 Å². The minimum Gasteiger partial charge on any atom is -0.444 e. The van der Waals surface area contributed by atoms with E-state index in [-0.39, 0.29) is 50.2 Å². The second-order valence-electron chi connectivity index (χ2n) is 18.3. The number of rotatable bonds is 11. The molecule has 2 saturated heterocycles. The van der Waals surface area contributed by atoms with Crippen molar-refractivity contribution in [1.82, 2.24) is 35.0 Å². The predicted octanol–water partition coefficient (Wildman–Crippen LogP) is 7.79. The quantitative estimate of drug-likeness (QED) is 0.140. The van der Waals surface area contributed by atoms with E-state index in [2.05, 4.69) is 15.6 Å². The zero-order valence-corrected chi connectivity index (χ0v) is 36.0. The number of likely N-dealkylation sites (tertiary alicyclic amines) is 2. The van der Waals surface area contributed by atoms with E-state index >= 15 is 4.39 Å². The molecule has 0 aliphatic carbocycles. The fraction of sp³-hybridized carbons (Fsp3) is 0.568. The van der Waals surface area contributed by atoms with Crippen LogP contribution in [0.3, 0.4) is 0 Å². The van der Waals surface area contributed by atoms with Crippen molar-refractivity contribution < 1.29 is 41.8 Å². The molecule has 5 atom stereocenters. The zero-order chi connectivity index (χ0) is 43.8. The molecule has 13 nitrogen and oxygen atoms in total. The van der Waals surface area contributed by atoms with Crippen molar-refractivity contribution in [3.8, 4) is 11.5 Å². The number of aromatic nitrogens is 3. The standard InChI is InChI=1S/C44H58F3N7O6/c1-10-32(50-41(57)59-43(4,5)6)39(55)53-22-27(47)18-29(53)21-31-30-15-13-25(45)19-33(30)48-37(31)38-49-34-20-26(46)14-16-35(34)54(38)23-28-12-11-17-52(28)40(56)36(24(2)3)51-42(58)60-44(7,8)9/h13-16,19-20,24,27-29,32,36,48H,10-12,17-18,21-23H2,1-9H3,(H,50,57)(H,51,58)/t27-,28-,29-,32-,36-/m0/s1. The molecule has 4 amide bonds. The summed E-state index contributed by atoms with van der Waals surface area (Å²) in [6.45, 7) is 16.4. The molecular weight excluding hydrogens is 780 g/mol. The Hall–Kier alpha value is -5.28. The number of alkyl carbamates (subject to hydrolysis) is 2. The highest BCUT2D eigenvalue weighted by Gasteiger charge is 2.41. The number of carbonyl (C=O) groups excluding carboxylic acids is 4. The van der Waals surface area contributed by atoms with Gasteiger partial charge in [0.1, 0.15) is 41.1 Å². The molecule has 0 spiro atoms. The predicted molar refractivity (Wildman–Crippen MR) is 222 cm³/mol. The summed E-state index contributed by atoms with van der Waals surface area (Å²) in [6.07, 6.45) is -1.02. The van der Waals surface area contributed by atoms with Gasteiger partial charge in [0.25, 0.3) is 0 Å². The van der Waals surface area contributed by atoms with Crippen LogP contribution >= 0.6 is 0 Å². The number of alkyl halides is 1. The first kappa shape index (κ1) is 44.3. The van der Waals surface area contributed by atoms with Crippen molar-refractivity contribution >= 4 is 45.9 Å². The average Bonchev–Trinajstić information content (AvgIpc) is 3.92. The lowest BCUT2D eigenvalue weighted by Gasteiger charge is -2.32. The number of hydrogen-bond donors (Lipinski definition) is 3. The third-order valence-electron chi connectivity index (χ3n) is 10.9. The van der Waals surface area contributed by atoms with Gasteiger partial charge in [-0.05, 0) is 109 Å². The molecule has 60 heavy (non-hydrogen) atoms. The molecule has 2 aromatic heterocycles. The number of benzene rings is 2. The first-order chi connectivity index (χ1) is 28.1. The van der Waals surface area contributed by atoms with Crippen molar-refractivity contribution in [3.63, 3.8) is 0 Å². The van der Waals surface area contributed by atoms with Crippen LogP contribution in [0.1, 0.15) is 93.6 Å². The Bertz CT molecular complexity index is 2240. The Labute approximate surface area is 348 Å². The number of hydrogen-bond acceptors (Lipinski definition) is 7. The van der Waals surface area contributed by atoms with Gasteiger partial charge in [-0.25, -0.2) is 27.7 Å². The molecule has 6 rings (SSSR count). The summed E-state index contributed by atoms with van der Waals surface area (Å²) in [6, 6.07) is 5.78. The topological polar surface area (TPSA) is 151 Å². The summed E-state index contributed by atoms with van der Waals surface area (Å²) in [5.41, 5.74) is 0.961. The molecule has 2 fully saturated rings. The maximum Gasteiger partial charge on any atom is 0.408 e. The third kappa shape index (κ3) is 10.0. The molecule has 0 saturated carbocycles. The fourth-order valence-electron chi connectivity index (χ4n) is 8.31. The molecule has 0 radical (unpaired) electrons. The van der Waals surface area contributed by atoms with Crippen LogP contribution in [0.5, 0.6) is 0 Å². The van der Waals surface area contributed by atoms with Crippen LogP contribution in [0.2, 0.25) is 0 Å². The number of fused-ring (bicyclic) bond motifs is 2. The van der Waals surface area contributed by atoms with Crippen LogP contribution in [0.15, 0.2) is 36.4 Å². The number of imidazole rings is 1. The first-order valence-electron chi connectivity index (χ1n) is 20.8. The minimum absolute atomic E-state index is 0.0248. The van der Waals surface area contributed by atoms with Crippen molar-refractivity contribution in [2.75, 3.05) is 13.1 Å². The van der Waals surface area contributed by atoms with Crippen LogP contribution in [-0.4, -0.2) is 103 Å².